The number of carboxylic acid groups (broad SMARTS) is 1. The summed E-state index contributed by atoms with van der Waals surface area (Å²) < 4.78 is 0. The van der Waals surface area contributed by atoms with Crippen LogP contribution in [0.15, 0.2) is 6.33 Å². The van der Waals surface area contributed by atoms with Crippen molar-refractivity contribution in [1.29, 1.82) is 0 Å². The molecule has 0 bridgehead atoms. The van der Waals surface area contributed by atoms with E-state index in [0.29, 0.717) is 6.42 Å². The first-order valence-electron chi connectivity index (χ1n) is 6.22. The summed E-state index contributed by atoms with van der Waals surface area (Å²) in [6, 6.07) is -0.596. The fraction of sp³-hybridized carbons (Fsp3) is 0.667. The van der Waals surface area contributed by atoms with Gasteiger partial charge in [-0.05, 0) is 12.8 Å². The van der Waals surface area contributed by atoms with Crippen LogP contribution in [-0.2, 0) is 16.8 Å². The quantitative estimate of drug-likeness (QED) is 0.707. The van der Waals surface area contributed by atoms with Gasteiger partial charge in [-0.15, -0.1) is 0 Å². The van der Waals surface area contributed by atoms with E-state index >= 15 is 0 Å². The number of hydrogen-bond acceptors (Lipinski definition) is 4. The first-order valence-corrected chi connectivity index (χ1v) is 6.22. The van der Waals surface area contributed by atoms with Crippen LogP contribution in [0.5, 0.6) is 0 Å². The van der Waals surface area contributed by atoms with Gasteiger partial charge in [0.15, 0.2) is 0 Å². The van der Waals surface area contributed by atoms with E-state index in [2.05, 4.69) is 15.3 Å². The molecule has 2 heterocycles. The molecule has 0 aromatic carbocycles. The van der Waals surface area contributed by atoms with Crippen molar-refractivity contribution in [2.45, 2.75) is 50.1 Å². The van der Waals surface area contributed by atoms with Gasteiger partial charge in [-0.2, -0.15) is 0 Å². The Bertz CT molecular complexity index is 435. The molecule has 5 nitrogen and oxygen atoms in total. The molecule has 92 valence electrons. The second-order valence-corrected chi connectivity index (χ2v) is 5.09. The molecule has 1 aromatic rings. The highest BCUT2D eigenvalue weighted by Gasteiger charge is 2.42. The molecule has 2 aliphatic rings. The molecule has 1 saturated carbocycles. The van der Waals surface area contributed by atoms with Gasteiger partial charge < -0.3 is 14.9 Å². The number of carbonyl (C=O) groups excluding carboxylic acids is 1. The molecule has 0 saturated heterocycles. The molecule has 2 N–H and O–H groups in total. The number of nitrogens with one attached hydrogen (secondary N) is 2. The first-order chi connectivity index (χ1) is 8.21. The largest absolute Gasteiger partial charge is 0.548 e. The fourth-order valence-corrected chi connectivity index (χ4v) is 3.22. The molecule has 17 heavy (non-hydrogen) atoms. The molecule has 1 aliphatic heterocycles. The predicted octanol–water partition coefficient (Wildman–Crippen LogP) is -0.167. The van der Waals surface area contributed by atoms with Crippen LogP contribution in [0.3, 0.4) is 0 Å². The molecule has 0 unspecified atom stereocenters. The van der Waals surface area contributed by atoms with Gasteiger partial charge in [0.25, 0.3) is 0 Å². The molecule has 1 aromatic heterocycles. The second kappa shape index (κ2) is 3.84. The highest BCUT2D eigenvalue weighted by Crippen LogP contribution is 2.40. The van der Waals surface area contributed by atoms with Gasteiger partial charge in [-0.1, -0.05) is 19.3 Å². The van der Waals surface area contributed by atoms with Crippen molar-refractivity contribution in [2.24, 2.45) is 0 Å². The Morgan fingerprint density at radius 2 is 2.18 bits per heavy atom. The van der Waals surface area contributed by atoms with Crippen LogP contribution < -0.4 is 10.4 Å². The number of nitrogens with zero attached hydrogens (tertiary/aromatic N) is 1. The van der Waals surface area contributed by atoms with E-state index in [1.165, 1.54) is 6.42 Å². The van der Waals surface area contributed by atoms with Crippen molar-refractivity contribution in [3.63, 3.8) is 0 Å². The van der Waals surface area contributed by atoms with Gasteiger partial charge in [0.1, 0.15) is 0 Å². The lowest BCUT2D eigenvalue weighted by Crippen LogP contribution is -2.59. The van der Waals surface area contributed by atoms with Crippen LogP contribution >= 0.6 is 0 Å². The van der Waals surface area contributed by atoms with Crippen LogP contribution in [-0.4, -0.2) is 22.0 Å². The second-order valence-electron chi connectivity index (χ2n) is 5.09. The Hall–Kier alpha value is -1.36. The first kappa shape index (κ1) is 10.8. The summed E-state index contributed by atoms with van der Waals surface area (Å²) in [5.41, 5.74) is 1.74. The van der Waals surface area contributed by atoms with E-state index in [1.807, 2.05) is 0 Å². The maximum atomic E-state index is 11.1. The third-order valence-electron chi connectivity index (χ3n) is 4.02. The topological polar surface area (TPSA) is 80.8 Å². The maximum Gasteiger partial charge on any atom is 0.0926 e. The van der Waals surface area contributed by atoms with Crippen molar-refractivity contribution in [3.8, 4) is 0 Å². The number of aliphatic carboxylic acids is 1. The third kappa shape index (κ3) is 1.65. The summed E-state index contributed by atoms with van der Waals surface area (Å²) in [6.07, 6.45) is 7.51. The Morgan fingerprint density at radius 3 is 2.88 bits per heavy atom. The maximum absolute atomic E-state index is 11.1. The lowest BCUT2D eigenvalue weighted by molar-refractivity contribution is -0.309. The smallest absolute Gasteiger partial charge is 0.0926 e. The zero-order chi connectivity index (χ0) is 11.9. The molecular weight excluding hydrogens is 218 g/mol. The molecule has 0 amide bonds. The lowest BCUT2D eigenvalue weighted by atomic mass is 9.75. The standard InChI is InChI=1S/C12H17N3O2/c16-11(17)9-6-8-10(14-7-13-8)12(15-9)4-2-1-3-5-12/h7,9,15H,1-6H2,(H,13,14)(H,16,17)/p-1/t9-/m0/s1. The van der Waals surface area contributed by atoms with Gasteiger partial charge in [-0.25, -0.2) is 4.98 Å². The summed E-state index contributed by atoms with van der Waals surface area (Å²) in [5, 5.41) is 14.4. The van der Waals surface area contributed by atoms with E-state index in [0.717, 1.165) is 37.1 Å². The monoisotopic (exact) mass is 234 g/mol. The molecular formula is C12H16N3O2-. The number of imidazole rings is 1. The van der Waals surface area contributed by atoms with E-state index < -0.39 is 12.0 Å². The fourth-order valence-electron chi connectivity index (χ4n) is 3.22. The van der Waals surface area contributed by atoms with Crippen molar-refractivity contribution in [3.05, 3.63) is 17.7 Å². The van der Waals surface area contributed by atoms with E-state index in [4.69, 9.17) is 0 Å². The van der Waals surface area contributed by atoms with Crippen molar-refractivity contribution in [1.82, 2.24) is 15.3 Å². The molecule has 5 heteroatoms. The normalized spacial score (nSPS) is 26.7. The predicted molar refractivity (Wildman–Crippen MR) is 59.0 cm³/mol. The number of hydrogen-bond donors (Lipinski definition) is 2. The molecule has 3 rings (SSSR count). The molecule has 1 spiro atoms. The summed E-state index contributed by atoms with van der Waals surface area (Å²) in [6.45, 7) is 0. The van der Waals surface area contributed by atoms with Crippen molar-refractivity contribution >= 4 is 5.97 Å². The van der Waals surface area contributed by atoms with Crippen LogP contribution in [0.2, 0.25) is 0 Å². The SMILES string of the molecule is O=C([O-])[C@@H]1Cc2[nH]cnc2C2(CCCCC2)N1. The van der Waals surface area contributed by atoms with E-state index in [9.17, 15) is 9.90 Å². The molecule has 1 atom stereocenters. The van der Waals surface area contributed by atoms with Crippen molar-refractivity contribution in [2.75, 3.05) is 0 Å². The summed E-state index contributed by atoms with van der Waals surface area (Å²) in [7, 11) is 0. The summed E-state index contributed by atoms with van der Waals surface area (Å²) in [4.78, 5) is 18.6. The third-order valence-corrected chi connectivity index (χ3v) is 4.02. The molecule has 0 radical (unpaired) electrons. The number of fused-ring (bicyclic) bond motifs is 2. The number of rotatable bonds is 1. The average molecular weight is 234 g/mol. The zero-order valence-electron chi connectivity index (χ0n) is 9.66. The molecule has 1 fully saturated rings. The number of aromatic amines is 1. The highest BCUT2D eigenvalue weighted by atomic mass is 16.4. The zero-order valence-corrected chi connectivity index (χ0v) is 9.66. The Labute approximate surface area is 99.6 Å². The number of H-pyrrole nitrogens is 1. The van der Waals surface area contributed by atoms with Crippen LogP contribution in [0.4, 0.5) is 0 Å². The van der Waals surface area contributed by atoms with Gasteiger partial charge in [0, 0.05) is 12.1 Å². The number of carbonyl (C=O) groups is 1. The average Bonchev–Trinajstić information content (AvgIpc) is 2.79. The summed E-state index contributed by atoms with van der Waals surface area (Å²) in [5.74, 6) is -1.02. The van der Waals surface area contributed by atoms with Crippen LogP contribution in [0.1, 0.15) is 43.5 Å². The van der Waals surface area contributed by atoms with E-state index in [-0.39, 0.29) is 5.54 Å². The summed E-state index contributed by atoms with van der Waals surface area (Å²) >= 11 is 0. The lowest BCUT2D eigenvalue weighted by Gasteiger charge is -2.44. The van der Waals surface area contributed by atoms with Crippen LogP contribution in [0, 0.1) is 0 Å². The van der Waals surface area contributed by atoms with Crippen LogP contribution in [0.25, 0.3) is 0 Å². The highest BCUT2D eigenvalue weighted by molar-refractivity contribution is 5.72. The minimum Gasteiger partial charge on any atom is -0.548 e. The Balaban J connectivity index is 2.00. The minimum atomic E-state index is -1.02. The Morgan fingerprint density at radius 1 is 1.41 bits per heavy atom. The van der Waals surface area contributed by atoms with Gasteiger partial charge in [-0.3, -0.25) is 5.32 Å². The van der Waals surface area contributed by atoms with E-state index in [1.54, 1.807) is 6.33 Å². The Kier molecular flexibility index (Phi) is 2.43. The molecule has 1 aliphatic carbocycles. The van der Waals surface area contributed by atoms with Gasteiger partial charge >= 0.3 is 0 Å². The number of aromatic nitrogens is 2. The van der Waals surface area contributed by atoms with Crippen molar-refractivity contribution < 1.29 is 9.90 Å². The van der Waals surface area contributed by atoms with Gasteiger partial charge in [0.2, 0.25) is 0 Å². The number of carboxylic acids is 1. The van der Waals surface area contributed by atoms with Gasteiger partial charge in [0.05, 0.1) is 29.6 Å². The minimum absolute atomic E-state index is 0.240.